The highest BCUT2D eigenvalue weighted by molar-refractivity contribution is 5.86. The van der Waals surface area contributed by atoms with Gasteiger partial charge < -0.3 is 15.2 Å². The van der Waals surface area contributed by atoms with E-state index in [1.807, 2.05) is 30.3 Å². The fraction of sp³-hybridized carbons (Fsp3) is 0.200. The number of carboxylic acid groups (broad SMARTS) is 1. The van der Waals surface area contributed by atoms with Crippen molar-refractivity contribution < 1.29 is 19.4 Å². The van der Waals surface area contributed by atoms with Crippen LogP contribution >= 0.6 is 0 Å². The second-order valence-electron chi connectivity index (χ2n) is 4.56. The third kappa shape index (κ3) is 4.27. The van der Waals surface area contributed by atoms with Crippen molar-refractivity contribution in [1.82, 2.24) is 15.3 Å². The highest BCUT2D eigenvalue weighted by Crippen LogP contribution is 2.07. The van der Waals surface area contributed by atoms with Gasteiger partial charge in [-0.25, -0.2) is 19.6 Å². The number of nitrogens with zero attached hydrogens (tertiary/aromatic N) is 2. The van der Waals surface area contributed by atoms with Gasteiger partial charge in [0.05, 0.1) is 11.6 Å². The third-order valence-corrected chi connectivity index (χ3v) is 2.85. The normalized spacial score (nSPS) is 11.5. The minimum Gasteiger partial charge on any atom is -0.478 e. The Morgan fingerprint density at radius 2 is 1.86 bits per heavy atom. The zero-order valence-electron chi connectivity index (χ0n) is 11.9. The molecule has 0 aliphatic carbocycles. The van der Waals surface area contributed by atoms with E-state index in [9.17, 15) is 9.59 Å². The Kier molecular flexibility index (Phi) is 5.02. The maximum absolute atomic E-state index is 11.7. The van der Waals surface area contributed by atoms with E-state index in [0.717, 1.165) is 5.56 Å². The van der Waals surface area contributed by atoms with Crippen LogP contribution in [0.25, 0.3) is 0 Å². The molecule has 2 N–H and O–H groups in total. The number of aromatic nitrogens is 2. The van der Waals surface area contributed by atoms with Crippen LogP contribution < -0.4 is 5.32 Å². The Balaban J connectivity index is 1.86. The Morgan fingerprint density at radius 1 is 1.23 bits per heavy atom. The van der Waals surface area contributed by atoms with E-state index >= 15 is 0 Å². The number of hydrogen-bond donors (Lipinski definition) is 2. The minimum atomic E-state index is -1.10. The number of aromatic carboxylic acids is 1. The molecule has 7 heteroatoms. The number of hydrogen-bond acceptors (Lipinski definition) is 5. The van der Waals surface area contributed by atoms with Crippen LogP contribution in [0.2, 0.25) is 0 Å². The molecule has 0 bridgehead atoms. The Bertz CT molecular complexity index is 644. The molecule has 0 radical (unpaired) electrons. The topological polar surface area (TPSA) is 101 Å². The van der Waals surface area contributed by atoms with Crippen LogP contribution in [-0.4, -0.2) is 27.1 Å². The number of alkyl carbamates (subject to hydrolysis) is 1. The van der Waals surface area contributed by atoms with Crippen LogP contribution in [0.15, 0.2) is 42.7 Å². The predicted octanol–water partition coefficient (Wildman–Crippen LogP) is 2.16. The smallest absolute Gasteiger partial charge is 0.408 e. The average Bonchev–Trinajstić information content (AvgIpc) is 2.54. The van der Waals surface area contributed by atoms with Crippen LogP contribution in [0.5, 0.6) is 0 Å². The van der Waals surface area contributed by atoms with E-state index in [1.54, 1.807) is 6.92 Å². The van der Waals surface area contributed by atoms with Crippen molar-refractivity contribution in [2.45, 2.75) is 19.6 Å². The van der Waals surface area contributed by atoms with Crippen molar-refractivity contribution in [1.29, 1.82) is 0 Å². The number of carboxylic acids is 1. The summed E-state index contributed by atoms with van der Waals surface area (Å²) < 4.78 is 5.08. The molecule has 1 atom stereocenters. The molecule has 0 fully saturated rings. The van der Waals surface area contributed by atoms with Crippen LogP contribution in [0.1, 0.15) is 34.7 Å². The summed E-state index contributed by atoms with van der Waals surface area (Å²) >= 11 is 0. The maximum atomic E-state index is 11.7. The Labute approximate surface area is 127 Å². The van der Waals surface area contributed by atoms with Gasteiger partial charge in [-0.05, 0) is 12.5 Å². The average molecular weight is 301 g/mol. The van der Waals surface area contributed by atoms with Gasteiger partial charge in [-0.1, -0.05) is 30.3 Å². The molecule has 22 heavy (non-hydrogen) atoms. The van der Waals surface area contributed by atoms with E-state index in [1.165, 1.54) is 12.4 Å². The van der Waals surface area contributed by atoms with Crippen LogP contribution in [-0.2, 0) is 11.3 Å². The van der Waals surface area contributed by atoms with Crippen molar-refractivity contribution in [3.63, 3.8) is 0 Å². The molecule has 2 aromatic rings. The molecule has 0 aliphatic rings. The summed E-state index contributed by atoms with van der Waals surface area (Å²) in [5.74, 6) is -0.795. The molecule has 114 valence electrons. The van der Waals surface area contributed by atoms with Crippen LogP contribution in [0, 0.1) is 0 Å². The number of rotatable bonds is 5. The second-order valence-corrected chi connectivity index (χ2v) is 4.56. The fourth-order valence-corrected chi connectivity index (χ4v) is 1.68. The first-order valence-electron chi connectivity index (χ1n) is 6.58. The number of carbonyl (C=O) groups excluding carboxylic acids is 1. The van der Waals surface area contributed by atoms with E-state index in [0.29, 0.717) is 5.82 Å². The first kappa shape index (κ1) is 15.4. The van der Waals surface area contributed by atoms with Gasteiger partial charge in [-0.2, -0.15) is 0 Å². The van der Waals surface area contributed by atoms with Gasteiger partial charge in [0, 0.05) is 12.4 Å². The minimum absolute atomic E-state index is 0.0115. The summed E-state index contributed by atoms with van der Waals surface area (Å²) in [6.45, 7) is 1.84. The summed E-state index contributed by atoms with van der Waals surface area (Å²) in [7, 11) is 0. The second kappa shape index (κ2) is 7.16. The van der Waals surface area contributed by atoms with Gasteiger partial charge in [-0.3, -0.25) is 0 Å². The highest BCUT2D eigenvalue weighted by Gasteiger charge is 2.14. The van der Waals surface area contributed by atoms with Gasteiger partial charge >= 0.3 is 12.1 Å². The maximum Gasteiger partial charge on any atom is 0.408 e. The quantitative estimate of drug-likeness (QED) is 0.877. The van der Waals surface area contributed by atoms with Gasteiger partial charge in [0.1, 0.15) is 12.4 Å². The van der Waals surface area contributed by atoms with Gasteiger partial charge in [-0.15, -0.1) is 0 Å². The lowest BCUT2D eigenvalue weighted by atomic mass is 10.2. The summed E-state index contributed by atoms with van der Waals surface area (Å²) in [6.07, 6.45) is 1.79. The zero-order chi connectivity index (χ0) is 15.9. The van der Waals surface area contributed by atoms with Crippen molar-refractivity contribution in [3.05, 3.63) is 59.7 Å². The van der Waals surface area contributed by atoms with Gasteiger partial charge in [0.2, 0.25) is 0 Å². The van der Waals surface area contributed by atoms with E-state index in [2.05, 4.69) is 15.3 Å². The molecule has 0 unspecified atom stereocenters. The molecule has 0 spiro atoms. The van der Waals surface area contributed by atoms with E-state index in [4.69, 9.17) is 9.84 Å². The standard InChI is InChI=1S/C15H15N3O4/c1-10(13-16-7-12(8-17-13)14(19)20)18-15(21)22-9-11-5-3-2-4-6-11/h2-8,10H,9H2,1H3,(H,18,21)(H,19,20)/t10-/m1/s1. The molecular formula is C15H15N3O4. The van der Waals surface area contributed by atoms with Crippen molar-refractivity contribution >= 4 is 12.1 Å². The molecule has 7 nitrogen and oxygen atoms in total. The van der Waals surface area contributed by atoms with Gasteiger partial charge in [0.15, 0.2) is 0 Å². The monoisotopic (exact) mass is 301 g/mol. The lowest BCUT2D eigenvalue weighted by molar-refractivity contribution is 0.0695. The number of nitrogens with one attached hydrogen (secondary N) is 1. The first-order valence-corrected chi connectivity index (χ1v) is 6.58. The first-order chi connectivity index (χ1) is 10.6. The molecular weight excluding hydrogens is 286 g/mol. The predicted molar refractivity (Wildman–Crippen MR) is 77.2 cm³/mol. The molecule has 0 saturated heterocycles. The summed E-state index contributed by atoms with van der Waals surface area (Å²) in [5.41, 5.74) is 0.870. The molecule has 1 amide bonds. The lowest BCUT2D eigenvalue weighted by Crippen LogP contribution is -2.28. The van der Waals surface area contributed by atoms with Gasteiger partial charge in [0.25, 0.3) is 0 Å². The van der Waals surface area contributed by atoms with Crippen molar-refractivity contribution in [3.8, 4) is 0 Å². The molecule has 1 aromatic heterocycles. The highest BCUT2D eigenvalue weighted by atomic mass is 16.5. The van der Waals surface area contributed by atoms with Crippen molar-refractivity contribution in [2.24, 2.45) is 0 Å². The fourth-order valence-electron chi connectivity index (χ4n) is 1.68. The summed E-state index contributed by atoms with van der Waals surface area (Å²) in [6, 6.07) is 8.80. The molecule has 1 aromatic carbocycles. The largest absolute Gasteiger partial charge is 0.478 e. The molecule has 0 aliphatic heterocycles. The lowest BCUT2D eigenvalue weighted by Gasteiger charge is -2.12. The molecule has 0 saturated carbocycles. The number of benzene rings is 1. The third-order valence-electron chi connectivity index (χ3n) is 2.85. The van der Waals surface area contributed by atoms with E-state index in [-0.39, 0.29) is 12.2 Å². The Morgan fingerprint density at radius 3 is 2.45 bits per heavy atom. The van der Waals surface area contributed by atoms with E-state index < -0.39 is 18.1 Å². The zero-order valence-corrected chi connectivity index (χ0v) is 11.9. The molecule has 1 heterocycles. The number of ether oxygens (including phenoxy) is 1. The summed E-state index contributed by atoms with van der Waals surface area (Å²) in [4.78, 5) is 30.2. The molecule has 2 rings (SSSR count). The summed E-state index contributed by atoms with van der Waals surface area (Å²) in [5, 5.41) is 11.3. The van der Waals surface area contributed by atoms with Crippen LogP contribution in [0.4, 0.5) is 4.79 Å². The van der Waals surface area contributed by atoms with Crippen LogP contribution in [0.3, 0.4) is 0 Å². The van der Waals surface area contributed by atoms with Crippen molar-refractivity contribution in [2.75, 3.05) is 0 Å². The number of amides is 1. The number of carbonyl (C=O) groups is 2. The Hall–Kier alpha value is -2.96. The SMILES string of the molecule is C[C@@H](NC(=O)OCc1ccccc1)c1ncc(C(=O)O)cn1.